The number of hydrogen-bond donors (Lipinski definition) is 1. The van der Waals surface area contributed by atoms with E-state index in [2.05, 4.69) is 20.6 Å². The van der Waals surface area contributed by atoms with Crippen molar-refractivity contribution in [1.29, 1.82) is 0 Å². The van der Waals surface area contributed by atoms with E-state index in [1.807, 2.05) is 18.7 Å². The first-order valence-corrected chi connectivity index (χ1v) is 6.65. The third-order valence-electron chi connectivity index (χ3n) is 3.38. The van der Waals surface area contributed by atoms with Gasteiger partial charge in [-0.3, -0.25) is 0 Å². The predicted molar refractivity (Wildman–Crippen MR) is 70.1 cm³/mol. The Morgan fingerprint density at radius 1 is 1.14 bits per heavy atom. The first-order valence-electron chi connectivity index (χ1n) is 6.65. The molecule has 2 atom stereocenters. The number of aromatic nitrogens is 4. The predicted octanol–water partition coefficient (Wildman–Crippen LogP) is 1.33. The normalized spacial score (nSPS) is 23.8. The van der Waals surface area contributed by atoms with Crippen LogP contribution in [0.5, 0.6) is 0 Å². The Morgan fingerprint density at radius 2 is 1.81 bits per heavy atom. The third kappa shape index (κ3) is 2.65. The molecule has 0 amide bonds. The summed E-state index contributed by atoms with van der Waals surface area (Å²) in [5.41, 5.74) is 0.0855. The van der Waals surface area contributed by atoms with Crippen LogP contribution in [0.15, 0.2) is 12.1 Å². The molecule has 1 aliphatic rings. The van der Waals surface area contributed by atoms with E-state index >= 15 is 0 Å². The lowest BCUT2D eigenvalue weighted by atomic mass is 10.1. The maximum absolute atomic E-state index is 12.9. The zero-order valence-electron chi connectivity index (χ0n) is 11.6. The number of piperazine rings is 1. The number of alkyl halides is 3. The molecular formula is C12H15F3N6. The minimum atomic E-state index is -4.57. The standard InChI is InChI=1S/C12H15F3N6/c1-7-5-20(6-8(2)16-7)10-4-3-9-17-18-11(12(13,14)15)21(9)19-10/h3-4,7-8,16H,5-6H2,1-2H3. The molecule has 3 rings (SSSR count). The zero-order chi connectivity index (χ0) is 15.2. The molecule has 1 N–H and O–H groups in total. The Morgan fingerprint density at radius 3 is 2.43 bits per heavy atom. The highest BCUT2D eigenvalue weighted by atomic mass is 19.4. The van der Waals surface area contributed by atoms with Gasteiger partial charge in [-0.05, 0) is 26.0 Å². The third-order valence-corrected chi connectivity index (χ3v) is 3.38. The largest absolute Gasteiger partial charge is 0.453 e. The van der Waals surface area contributed by atoms with Gasteiger partial charge >= 0.3 is 6.18 Å². The fourth-order valence-corrected chi connectivity index (χ4v) is 2.64. The summed E-state index contributed by atoms with van der Waals surface area (Å²) in [6, 6.07) is 3.67. The maximum Gasteiger partial charge on any atom is 0.453 e. The van der Waals surface area contributed by atoms with E-state index in [-0.39, 0.29) is 17.7 Å². The van der Waals surface area contributed by atoms with Crippen LogP contribution in [0.1, 0.15) is 19.7 Å². The summed E-state index contributed by atoms with van der Waals surface area (Å²) >= 11 is 0. The first kappa shape index (κ1) is 14.1. The number of nitrogens with zero attached hydrogens (tertiary/aromatic N) is 5. The lowest BCUT2D eigenvalue weighted by Crippen LogP contribution is -2.54. The lowest BCUT2D eigenvalue weighted by Gasteiger charge is -2.36. The van der Waals surface area contributed by atoms with Crippen LogP contribution >= 0.6 is 0 Å². The number of fused-ring (bicyclic) bond motifs is 1. The average Bonchev–Trinajstić information content (AvgIpc) is 2.79. The summed E-state index contributed by atoms with van der Waals surface area (Å²) in [5, 5.41) is 14.1. The molecule has 0 saturated carbocycles. The molecule has 0 aromatic carbocycles. The highest BCUT2D eigenvalue weighted by Gasteiger charge is 2.38. The zero-order valence-corrected chi connectivity index (χ0v) is 11.6. The van der Waals surface area contributed by atoms with Gasteiger partial charge in [-0.1, -0.05) is 0 Å². The van der Waals surface area contributed by atoms with Crippen LogP contribution < -0.4 is 10.2 Å². The summed E-state index contributed by atoms with van der Waals surface area (Å²) in [4.78, 5) is 1.96. The molecule has 0 spiro atoms. The van der Waals surface area contributed by atoms with Gasteiger partial charge < -0.3 is 10.2 Å². The van der Waals surface area contributed by atoms with E-state index in [0.29, 0.717) is 18.9 Å². The SMILES string of the molecule is CC1CN(c2ccc3nnc(C(F)(F)F)n3n2)CC(C)N1. The lowest BCUT2D eigenvalue weighted by molar-refractivity contribution is -0.146. The van der Waals surface area contributed by atoms with E-state index in [9.17, 15) is 13.2 Å². The monoisotopic (exact) mass is 300 g/mol. The van der Waals surface area contributed by atoms with Gasteiger partial charge in [0.25, 0.3) is 5.82 Å². The van der Waals surface area contributed by atoms with Gasteiger partial charge in [-0.25, -0.2) is 0 Å². The van der Waals surface area contributed by atoms with Crippen molar-refractivity contribution in [2.24, 2.45) is 0 Å². The second kappa shape index (κ2) is 4.83. The Balaban J connectivity index is 2.00. The summed E-state index contributed by atoms with van der Waals surface area (Å²) in [7, 11) is 0. The molecule has 0 radical (unpaired) electrons. The molecule has 0 bridgehead atoms. The second-order valence-corrected chi connectivity index (χ2v) is 5.36. The molecule has 21 heavy (non-hydrogen) atoms. The average molecular weight is 300 g/mol. The van der Waals surface area contributed by atoms with Crippen molar-refractivity contribution < 1.29 is 13.2 Å². The summed E-state index contributed by atoms with van der Waals surface area (Å²) in [5.74, 6) is -0.608. The van der Waals surface area contributed by atoms with E-state index < -0.39 is 12.0 Å². The van der Waals surface area contributed by atoms with Crippen LogP contribution in [-0.2, 0) is 6.18 Å². The highest BCUT2D eigenvalue weighted by molar-refractivity contribution is 5.46. The van der Waals surface area contributed by atoms with Gasteiger partial charge in [0.15, 0.2) is 5.65 Å². The molecule has 1 saturated heterocycles. The minimum Gasteiger partial charge on any atom is -0.352 e. The van der Waals surface area contributed by atoms with Crippen molar-refractivity contribution >= 4 is 11.5 Å². The highest BCUT2D eigenvalue weighted by Crippen LogP contribution is 2.28. The van der Waals surface area contributed by atoms with Crippen LogP contribution in [0.3, 0.4) is 0 Å². The van der Waals surface area contributed by atoms with Crippen LogP contribution in [0.4, 0.5) is 19.0 Å². The van der Waals surface area contributed by atoms with E-state index in [1.54, 1.807) is 6.07 Å². The van der Waals surface area contributed by atoms with E-state index in [0.717, 1.165) is 4.52 Å². The molecule has 6 nitrogen and oxygen atoms in total. The van der Waals surface area contributed by atoms with E-state index in [4.69, 9.17) is 0 Å². The summed E-state index contributed by atoms with van der Waals surface area (Å²) < 4.78 is 39.3. The van der Waals surface area contributed by atoms with Gasteiger partial charge in [0, 0.05) is 25.2 Å². The summed E-state index contributed by atoms with van der Waals surface area (Å²) in [6.07, 6.45) is -4.57. The molecule has 1 fully saturated rings. The molecule has 2 unspecified atom stereocenters. The molecule has 3 heterocycles. The number of rotatable bonds is 1. The molecule has 2 aromatic heterocycles. The molecule has 1 aliphatic heterocycles. The number of anilines is 1. The van der Waals surface area contributed by atoms with Gasteiger partial charge in [-0.2, -0.15) is 17.7 Å². The summed E-state index contributed by atoms with van der Waals surface area (Å²) in [6.45, 7) is 5.43. The minimum absolute atomic E-state index is 0.0855. The van der Waals surface area contributed by atoms with Crippen molar-refractivity contribution in [3.8, 4) is 0 Å². The van der Waals surface area contributed by atoms with Gasteiger partial charge in [-0.15, -0.1) is 15.3 Å². The Kier molecular flexibility index (Phi) is 3.23. The molecular weight excluding hydrogens is 285 g/mol. The van der Waals surface area contributed by atoms with Crippen molar-refractivity contribution in [3.05, 3.63) is 18.0 Å². The smallest absolute Gasteiger partial charge is 0.352 e. The van der Waals surface area contributed by atoms with Crippen molar-refractivity contribution in [2.75, 3.05) is 18.0 Å². The molecule has 9 heteroatoms. The van der Waals surface area contributed by atoms with Gasteiger partial charge in [0.05, 0.1) is 0 Å². The number of hydrogen-bond acceptors (Lipinski definition) is 5. The Bertz CT molecular complexity index is 642. The molecule has 0 aliphatic carbocycles. The molecule has 2 aromatic rings. The maximum atomic E-state index is 12.9. The van der Waals surface area contributed by atoms with Crippen molar-refractivity contribution in [2.45, 2.75) is 32.1 Å². The Labute approximate surface area is 119 Å². The number of halogens is 3. The van der Waals surface area contributed by atoms with Gasteiger partial charge in [0.2, 0.25) is 0 Å². The fourth-order valence-electron chi connectivity index (χ4n) is 2.64. The topological polar surface area (TPSA) is 58.4 Å². The first-order chi connectivity index (χ1) is 9.84. The number of nitrogens with one attached hydrogen (secondary N) is 1. The molecule has 114 valence electrons. The van der Waals surface area contributed by atoms with E-state index in [1.165, 1.54) is 6.07 Å². The van der Waals surface area contributed by atoms with Crippen LogP contribution in [0, 0.1) is 0 Å². The van der Waals surface area contributed by atoms with Crippen LogP contribution in [-0.4, -0.2) is 45.0 Å². The second-order valence-electron chi connectivity index (χ2n) is 5.36. The Hall–Kier alpha value is -1.90. The fraction of sp³-hybridized carbons (Fsp3) is 0.583. The van der Waals surface area contributed by atoms with Crippen molar-refractivity contribution in [1.82, 2.24) is 25.1 Å². The van der Waals surface area contributed by atoms with Gasteiger partial charge in [0.1, 0.15) is 5.82 Å². The van der Waals surface area contributed by atoms with Crippen molar-refractivity contribution in [3.63, 3.8) is 0 Å². The quantitative estimate of drug-likeness (QED) is 0.861. The van der Waals surface area contributed by atoms with Crippen LogP contribution in [0.2, 0.25) is 0 Å². The van der Waals surface area contributed by atoms with Crippen LogP contribution in [0.25, 0.3) is 5.65 Å².